The number of alkyl halides is 3. The van der Waals surface area contributed by atoms with Gasteiger partial charge in [0.05, 0.1) is 6.21 Å². The summed E-state index contributed by atoms with van der Waals surface area (Å²) in [5.74, 6) is -9.23. The number of anilines is 1. The van der Waals surface area contributed by atoms with E-state index in [9.17, 15) is 30.7 Å². The summed E-state index contributed by atoms with van der Waals surface area (Å²) < 4.78 is 97.7. The number of hydrogen-bond acceptors (Lipinski definition) is 3. The molecule has 0 radical (unpaired) electrons. The fourth-order valence-corrected chi connectivity index (χ4v) is 2.46. The van der Waals surface area contributed by atoms with Crippen molar-refractivity contribution >= 4 is 23.5 Å². The van der Waals surface area contributed by atoms with Crippen LogP contribution < -0.4 is 5.43 Å². The number of hydrazone groups is 1. The van der Waals surface area contributed by atoms with Gasteiger partial charge in [-0.2, -0.15) is 18.3 Å². The molecule has 0 unspecified atom stereocenters. The molecular weight excluding hydrogens is 429 g/mol. The minimum absolute atomic E-state index is 0.0797. The van der Waals surface area contributed by atoms with Crippen LogP contribution in [0.4, 0.5) is 36.4 Å². The number of nitrogens with zero attached hydrogens (tertiary/aromatic N) is 1. The van der Waals surface area contributed by atoms with E-state index in [1.165, 1.54) is 6.07 Å². The van der Waals surface area contributed by atoms with Gasteiger partial charge >= 0.3 is 6.18 Å². The van der Waals surface area contributed by atoms with Crippen molar-refractivity contribution in [3.8, 4) is 11.3 Å². The molecule has 29 heavy (non-hydrogen) atoms. The smallest absolute Gasteiger partial charge is 0.422 e. The van der Waals surface area contributed by atoms with Crippen LogP contribution in [0, 0.1) is 23.3 Å². The Bertz CT molecular complexity index is 1050. The molecule has 0 bridgehead atoms. The molecule has 3 rings (SSSR count). The van der Waals surface area contributed by atoms with Gasteiger partial charge in [0.25, 0.3) is 0 Å². The summed E-state index contributed by atoms with van der Waals surface area (Å²) in [4.78, 5) is 0. The standard InChI is InChI=1S/C18H8ClF7N2O/c19-9-3-1-8(2-4-9)11-6-5-10(29-11)7-27-28-17-15(22)13(20)12(18(24,25)26)14(21)16(17)23/h1-7,28H/b27-7-. The lowest BCUT2D eigenvalue weighted by atomic mass is 10.1. The van der Waals surface area contributed by atoms with Crippen molar-refractivity contribution in [3.05, 3.63) is 76.0 Å². The third kappa shape index (κ3) is 4.21. The molecule has 2 aromatic carbocycles. The number of hydrogen-bond donors (Lipinski definition) is 1. The third-order valence-corrected chi connectivity index (χ3v) is 3.92. The van der Waals surface area contributed by atoms with Crippen molar-refractivity contribution in [3.63, 3.8) is 0 Å². The van der Waals surface area contributed by atoms with Gasteiger partial charge in [0.2, 0.25) is 0 Å². The van der Waals surface area contributed by atoms with Crippen LogP contribution in [0.25, 0.3) is 11.3 Å². The predicted molar refractivity (Wildman–Crippen MR) is 91.6 cm³/mol. The molecule has 0 saturated carbocycles. The lowest BCUT2D eigenvalue weighted by Gasteiger charge is -2.13. The first-order valence-electron chi connectivity index (χ1n) is 7.67. The van der Waals surface area contributed by atoms with Gasteiger partial charge < -0.3 is 4.42 Å². The van der Waals surface area contributed by atoms with Gasteiger partial charge in [0.15, 0.2) is 23.3 Å². The molecular formula is C18H8ClF7N2O. The molecule has 0 amide bonds. The van der Waals surface area contributed by atoms with E-state index in [-0.39, 0.29) is 5.76 Å². The largest absolute Gasteiger partial charge is 0.455 e. The Kier molecular flexibility index (Phi) is 5.56. The molecule has 3 nitrogen and oxygen atoms in total. The fraction of sp³-hybridized carbons (Fsp3) is 0.0556. The van der Waals surface area contributed by atoms with E-state index >= 15 is 0 Å². The highest BCUT2D eigenvalue weighted by molar-refractivity contribution is 6.30. The second-order valence-electron chi connectivity index (χ2n) is 5.58. The van der Waals surface area contributed by atoms with E-state index in [1.807, 2.05) is 0 Å². The SMILES string of the molecule is Fc1c(F)c(C(F)(F)F)c(F)c(F)c1N/N=C\c1ccc(-c2ccc(Cl)cc2)o1. The lowest BCUT2D eigenvalue weighted by Crippen LogP contribution is -2.16. The average molecular weight is 437 g/mol. The predicted octanol–water partition coefficient (Wildman–Crippen LogP) is 6.62. The molecule has 152 valence electrons. The van der Waals surface area contributed by atoms with Crippen molar-refractivity contribution in [1.29, 1.82) is 0 Å². The maximum atomic E-state index is 13.8. The average Bonchev–Trinajstić information content (AvgIpc) is 3.11. The Balaban J connectivity index is 1.83. The first-order chi connectivity index (χ1) is 13.6. The van der Waals surface area contributed by atoms with Gasteiger partial charge in [0, 0.05) is 10.6 Å². The highest BCUT2D eigenvalue weighted by Gasteiger charge is 2.42. The Hall–Kier alpha value is -3.01. The molecule has 0 aliphatic rings. The van der Waals surface area contributed by atoms with Gasteiger partial charge in [0.1, 0.15) is 22.8 Å². The highest BCUT2D eigenvalue weighted by atomic mass is 35.5. The Labute approximate surface area is 163 Å². The number of rotatable bonds is 4. The number of halogens is 8. The molecule has 3 aromatic rings. The van der Waals surface area contributed by atoms with E-state index in [4.69, 9.17) is 16.0 Å². The first kappa shape index (κ1) is 20.7. The number of furan rings is 1. The van der Waals surface area contributed by atoms with E-state index < -0.39 is 40.7 Å². The molecule has 1 aromatic heterocycles. The zero-order valence-electron chi connectivity index (χ0n) is 13.9. The Morgan fingerprint density at radius 1 is 0.862 bits per heavy atom. The van der Waals surface area contributed by atoms with Gasteiger partial charge in [-0.05, 0) is 36.4 Å². The van der Waals surface area contributed by atoms with Crippen LogP contribution in [-0.4, -0.2) is 6.21 Å². The summed E-state index contributed by atoms with van der Waals surface area (Å²) in [5.41, 5.74) is -1.89. The fourth-order valence-electron chi connectivity index (χ4n) is 2.33. The summed E-state index contributed by atoms with van der Waals surface area (Å²) in [6.45, 7) is 0. The van der Waals surface area contributed by atoms with E-state index in [1.54, 1.807) is 35.8 Å². The number of nitrogens with one attached hydrogen (secondary N) is 1. The highest BCUT2D eigenvalue weighted by Crippen LogP contribution is 2.38. The van der Waals surface area contributed by atoms with Gasteiger partial charge in [-0.1, -0.05) is 11.6 Å². The van der Waals surface area contributed by atoms with Crippen LogP contribution >= 0.6 is 11.6 Å². The van der Waals surface area contributed by atoms with E-state index in [2.05, 4.69) is 5.10 Å². The molecule has 11 heteroatoms. The molecule has 0 saturated heterocycles. The van der Waals surface area contributed by atoms with Crippen molar-refractivity contribution < 1.29 is 35.2 Å². The third-order valence-electron chi connectivity index (χ3n) is 3.67. The second kappa shape index (κ2) is 7.78. The minimum atomic E-state index is -5.62. The zero-order chi connectivity index (χ0) is 21.3. The van der Waals surface area contributed by atoms with Crippen molar-refractivity contribution in [2.75, 3.05) is 5.43 Å². The summed E-state index contributed by atoms with van der Waals surface area (Å²) in [7, 11) is 0. The van der Waals surface area contributed by atoms with Gasteiger partial charge in [-0.3, -0.25) is 5.43 Å². The van der Waals surface area contributed by atoms with E-state index in [0.717, 1.165) is 6.21 Å². The van der Waals surface area contributed by atoms with Crippen molar-refractivity contribution in [2.24, 2.45) is 5.10 Å². The van der Waals surface area contributed by atoms with Crippen molar-refractivity contribution in [1.82, 2.24) is 0 Å². The molecule has 1 N–H and O–H groups in total. The van der Waals surface area contributed by atoms with Crippen LogP contribution in [0.2, 0.25) is 5.02 Å². The molecule has 0 fully saturated rings. The normalized spacial score (nSPS) is 12.0. The zero-order valence-corrected chi connectivity index (χ0v) is 14.7. The molecule has 0 aliphatic carbocycles. The quantitative estimate of drug-likeness (QED) is 0.216. The Morgan fingerprint density at radius 2 is 1.45 bits per heavy atom. The summed E-state index contributed by atoms with van der Waals surface area (Å²) in [6, 6.07) is 9.54. The van der Waals surface area contributed by atoms with Gasteiger partial charge in [-0.25, -0.2) is 17.6 Å². The maximum absolute atomic E-state index is 13.8. The van der Waals surface area contributed by atoms with Gasteiger partial charge in [-0.15, -0.1) is 0 Å². The van der Waals surface area contributed by atoms with E-state index in [0.29, 0.717) is 16.3 Å². The lowest BCUT2D eigenvalue weighted by molar-refractivity contribution is -0.143. The molecule has 0 atom stereocenters. The van der Waals surface area contributed by atoms with Crippen LogP contribution in [0.1, 0.15) is 11.3 Å². The van der Waals surface area contributed by atoms with Crippen LogP contribution in [0.5, 0.6) is 0 Å². The van der Waals surface area contributed by atoms with Crippen LogP contribution in [0.3, 0.4) is 0 Å². The number of benzene rings is 2. The topological polar surface area (TPSA) is 37.5 Å². The first-order valence-corrected chi connectivity index (χ1v) is 8.05. The molecule has 1 heterocycles. The molecule has 0 aliphatic heterocycles. The monoisotopic (exact) mass is 436 g/mol. The minimum Gasteiger partial charge on any atom is -0.455 e. The van der Waals surface area contributed by atoms with Crippen LogP contribution in [-0.2, 0) is 6.18 Å². The maximum Gasteiger partial charge on any atom is 0.422 e. The summed E-state index contributed by atoms with van der Waals surface area (Å²) >= 11 is 5.78. The summed E-state index contributed by atoms with van der Waals surface area (Å²) in [5, 5.41) is 3.85. The summed E-state index contributed by atoms with van der Waals surface area (Å²) in [6.07, 6.45) is -4.71. The molecule has 0 spiro atoms. The van der Waals surface area contributed by atoms with Crippen molar-refractivity contribution in [2.45, 2.75) is 6.18 Å². The second-order valence-corrected chi connectivity index (χ2v) is 6.02. The van der Waals surface area contributed by atoms with Crippen LogP contribution in [0.15, 0.2) is 45.9 Å². The Morgan fingerprint density at radius 3 is 2.00 bits per heavy atom.